The minimum absolute atomic E-state index is 0.0664. The summed E-state index contributed by atoms with van der Waals surface area (Å²) in [4.78, 5) is 3.98. The second-order valence-corrected chi connectivity index (χ2v) is 4.61. The standard InChI is InChI=1S/C12H12F2N2OS/c1-15-6-8-4-9(13)12(10(14)5-8)17-7-11-16-2-3-18-11/h2-5,15H,6-7H2,1H3. The van der Waals surface area contributed by atoms with Gasteiger partial charge in [0.25, 0.3) is 0 Å². The summed E-state index contributed by atoms with van der Waals surface area (Å²) in [6.07, 6.45) is 1.62. The molecule has 3 nitrogen and oxygen atoms in total. The van der Waals surface area contributed by atoms with Gasteiger partial charge in [0.1, 0.15) is 11.6 Å². The fraction of sp³-hybridized carbons (Fsp3) is 0.250. The van der Waals surface area contributed by atoms with Crippen molar-refractivity contribution < 1.29 is 13.5 Å². The minimum Gasteiger partial charge on any atom is -0.480 e. The molecule has 0 spiro atoms. The number of nitrogens with one attached hydrogen (secondary N) is 1. The number of aromatic nitrogens is 1. The first-order chi connectivity index (χ1) is 8.70. The van der Waals surface area contributed by atoms with Gasteiger partial charge in [-0.1, -0.05) is 0 Å². The largest absolute Gasteiger partial charge is 0.480 e. The Hall–Kier alpha value is -1.53. The molecule has 1 aromatic carbocycles. The van der Waals surface area contributed by atoms with Crippen LogP contribution in [0.4, 0.5) is 8.78 Å². The van der Waals surface area contributed by atoms with Gasteiger partial charge in [0.15, 0.2) is 17.4 Å². The molecular weight excluding hydrogens is 258 g/mol. The topological polar surface area (TPSA) is 34.1 Å². The molecule has 2 rings (SSSR count). The molecule has 1 aromatic heterocycles. The van der Waals surface area contributed by atoms with E-state index in [0.29, 0.717) is 17.1 Å². The maximum absolute atomic E-state index is 13.7. The van der Waals surface area contributed by atoms with Crippen LogP contribution in [-0.2, 0) is 13.2 Å². The second-order valence-electron chi connectivity index (χ2n) is 3.63. The van der Waals surface area contributed by atoms with Crippen molar-refractivity contribution in [2.75, 3.05) is 7.05 Å². The SMILES string of the molecule is CNCc1cc(F)c(OCc2nccs2)c(F)c1. The van der Waals surface area contributed by atoms with Crippen LogP contribution in [0.5, 0.6) is 5.75 Å². The van der Waals surface area contributed by atoms with Gasteiger partial charge in [-0.25, -0.2) is 13.8 Å². The normalized spacial score (nSPS) is 10.6. The van der Waals surface area contributed by atoms with Crippen molar-refractivity contribution in [3.63, 3.8) is 0 Å². The molecule has 0 fully saturated rings. The van der Waals surface area contributed by atoms with Gasteiger partial charge in [0, 0.05) is 18.1 Å². The van der Waals surface area contributed by atoms with E-state index in [1.54, 1.807) is 18.6 Å². The first kappa shape index (κ1) is 12.9. The van der Waals surface area contributed by atoms with Crippen LogP contribution in [0.1, 0.15) is 10.6 Å². The van der Waals surface area contributed by atoms with Gasteiger partial charge in [-0.15, -0.1) is 11.3 Å². The number of ether oxygens (including phenoxy) is 1. The van der Waals surface area contributed by atoms with Gasteiger partial charge < -0.3 is 10.1 Å². The average Bonchev–Trinajstić information content (AvgIpc) is 2.81. The molecule has 0 saturated carbocycles. The molecule has 1 N–H and O–H groups in total. The van der Waals surface area contributed by atoms with Crippen molar-refractivity contribution in [3.8, 4) is 5.75 Å². The van der Waals surface area contributed by atoms with Crippen molar-refractivity contribution in [2.45, 2.75) is 13.2 Å². The molecule has 0 saturated heterocycles. The Morgan fingerprint density at radius 1 is 1.33 bits per heavy atom. The molecular formula is C12H12F2N2OS. The van der Waals surface area contributed by atoms with Gasteiger partial charge >= 0.3 is 0 Å². The van der Waals surface area contributed by atoms with Crippen LogP contribution < -0.4 is 10.1 Å². The zero-order valence-corrected chi connectivity index (χ0v) is 10.6. The zero-order valence-electron chi connectivity index (χ0n) is 9.74. The van der Waals surface area contributed by atoms with Crippen molar-refractivity contribution >= 4 is 11.3 Å². The van der Waals surface area contributed by atoms with Gasteiger partial charge in [-0.05, 0) is 24.7 Å². The smallest absolute Gasteiger partial charge is 0.191 e. The fourth-order valence-electron chi connectivity index (χ4n) is 1.51. The summed E-state index contributed by atoms with van der Waals surface area (Å²) in [7, 11) is 1.71. The molecule has 0 atom stereocenters. The first-order valence-corrected chi connectivity index (χ1v) is 6.22. The molecule has 0 radical (unpaired) electrons. The lowest BCUT2D eigenvalue weighted by Gasteiger charge is -2.09. The monoisotopic (exact) mass is 270 g/mol. The quantitative estimate of drug-likeness (QED) is 0.907. The van der Waals surface area contributed by atoms with Crippen LogP contribution in [0.2, 0.25) is 0 Å². The molecule has 1 heterocycles. The van der Waals surface area contributed by atoms with Crippen molar-refractivity contribution in [3.05, 3.63) is 45.9 Å². The summed E-state index contributed by atoms with van der Waals surface area (Å²) in [5, 5.41) is 5.28. The lowest BCUT2D eigenvalue weighted by molar-refractivity contribution is 0.273. The molecule has 96 valence electrons. The van der Waals surface area contributed by atoms with E-state index in [4.69, 9.17) is 4.74 Å². The van der Waals surface area contributed by atoms with E-state index in [0.717, 1.165) is 0 Å². The first-order valence-electron chi connectivity index (χ1n) is 5.34. The Bertz CT molecular complexity index is 494. The van der Waals surface area contributed by atoms with E-state index in [-0.39, 0.29) is 12.4 Å². The van der Waals surface area contributed by atoms with Crippen molar-refractivity contribution in [2.24, 2.45) is 0 Å². The third-order valence-corrected chi connectivity index (χ3v) is 3.02. The minimum atomic E-state index is -0.697. The van der Waals surface area contributed by atoms with Crippen molar-refractivity contribution in [1.82, 2.24) is 10.3 Å². The van der Waals surface area contributed by atoms with E-state index in [2.05, 4.69) is 10.3 Å². The van der Waals surface area contributed by atoms with Crippen molar-refractivity contribution in [1.29, 1.82) is 0 Å². The third kappa shape index (κ3) is 3.02. The maximum Gasteiger partial charge on any atom is 0.191 e. The molecule has 0 aliphatic carbocycles. The number of rotatable bonds is 5. The highest BCUT2D eigenvalue weighted by Crippen LogP contribution is 2.24. The van der Waals surface area contributed by atoms with E-state index in [9.17, 15) is 8.78 Å². The maximum atomic E-state index is 13.7. The summed E-state index contributed by atoms with van der Waals surface area (Å²) >= 11 is 1.37. The van der Waals surface area contributed by atoms with E-state index in [1.807, 2.05) is 0 Å². The molecule has 18 heavy (non-hydrogen) atoms. The number of nitrogens with zero attached hydrogens (tertiary/aromatic N) is 1. The zero-order chi connectivity index (χ0) is 13.0. The molecule has 2 aromatic rings. The summed E-state index contributed by atoms with van der Waals surface area (Å²) in [6, 6.07) is 2.52. The Labute approximate surface area is 107 Å². The molecule has 0 unspecified atom stereocenters. The number of hydrogen-bond acceptors (Lipinski definition) is 4. The Balaban J connectivity index is 2.12. The van der Waals surface area contributed by atoms with Crippen LogP contribution in [0.3, 0.4) is 0 Å². The van der Waals surface area contributed by atoms with Gasteiger partial charge in [-0.3, -0.25) is 0 Å². The summed E-state index contributed by atoms with van der Waals surface area (Å²) in [6.45, 7) is 0.470. The highest BCUT2D eigenvalue weighted by atomic mass is 32.1. The number of hydrogen-bond donors (Lipinski definition) is 1. The Morgan fingerprint density at radius 3 is 2.61 bits per heavy atom. The van der Waals surface area contributed by atoms with Gasteiger partial charge in [-0.2, -0.15) is 0 Å². The highest BCUT2D eigenvalue weighted by Gasteiger charge is 2.13. The van der Waals surface area contributed by atoms with Crippen LogP contribution in [0.25, 0.3) is 0 Å². The Kier molecular flexibility index (Phi) is 4.22. The number of benzene rings is 1. The predicted octanol–water partition coefficient (Wildman–Crippen LogP) is 2.72. The molecule has 0 aliphatic rings. The lowest BCUT2D eigenvalue weighted by atomic mass is 10.2. The van der Waals surface area contributed by atoms with E-state index < -0.39 is 11.6 Å². The third-order valence-electron chi connectivity index (χ3n) is 2.26. The van der Waals surface area contributed by atoms with E-state index in [1.165, 1.54) is 23.5 Å². The number of thiazole rings is 1. The van der Waals surface area contributed by atoms with E-state index >= 15 is 0 Å². The molecule has 0 aliphatic heterocycles. The summed E-state index contributed by atoms with van der Waals surface area (Å²) in [5.41, 5.74) is 0.536. The van der Waals surface area contributed by atoms with Gasteiger partial charge in [0.2, 0.25) is 0 Å². The predicted molar refractivity (Wildman–Crippen MR) is 65.6 cm³/mol. The van der Waals surface area contributed by atoms with Gasteiger partial charge in [0.05, 0.1) is 0 Å². The molecule has 0 bridgehead atoms. The average molecular weight is 270 g/mol. The summed E-state index contributed by atoms with van der Waals surface area (Å²) in [5.74, 6) is -1.75. The van der Waals surface area contributed by atoms with Crippen LogP contribution >= 0.6 is 11.3 Å². The fourth-order valence-corrected chi connectivity index (χ4v) is 2.04. The lowest BCUT2D eigenvalue weighted by Crippen LogP contribution is -2.07. The highest BCUT2D eigenvalue weighted by molar-refractivity contribution is 7.09. The van der Waals surface area contributed by atoms with Crippen LogP contribution in [-0.4, -0.2) is 12.0 Å². The van der Waals surface area contributed by atoms with Crippen LogP contribution in [0, 0.1) is 11.6 Å². The second kappa shape index (κ2) is 5.88. The van der Waals surface area contributed by atoms with Crippen LogP contribution in [0.15, 0.2) is 23.7 Å². The molecule has 6 heteroatoms. The Morgan fingerprint density at radius 2 is 2.06 bits per heavy atom. The molecule has 0 amide bonds. The number of halogens is 2. The summed E-state index contributed by atoms with van der Waals surface area (Å²) < 4.78 is 32.4.